The maximum atomic E-state index is 6.02. The molecule has 0 fully saturated rings. The van der Waals surface area contributed by atoms with Gasteiger partial charge in [-0.1, -0.05) is 27.7 Å². The average molecular weight is 344 g/mol. The third-order valence-electron chi connectivity index (χ3n) is 3.63. The molecule has 0 aromatic carbocycles. The van der Waals surface area contributed by atoms with E-state index in [-0.39, 0.29) is 0 Å². The summed E-state index contributed by atoms with van der Waals surface area (Å²) in [6, 6.07) is 0. The molecule has 0 unspecified atom stereocenters. The van der Waals surface area contributed by atoms with Crippen molar-refractivity contribution in [3.63, 3.8) is 0 Å². The van der Waals surface area contributed by atoms with E-state index in [9.17, 15) is 0 Å². The predicted molar refractivity (Wildman–Crippen MR) is 87.3 cm³/mol. The van der Waals surface area contributed by atoms with Crippen LogP contribution in [0.25, 0.3) is 0 Å². The normalized spacial score (nSPS) is 12.0. The van der Waals surface area contributed by atoms with Crippen molar-refractivity contribution in [1.82, 2.24) is 9.97 Å². The van der Waals surface area contributed by atoms with E-state index in [0.717, 1.165) is 34.7 Å². The first-order chi connectivity index (χ1) is 9.45. The Morgan fingerprint density at radius 1 is 1.20 bits per heavy atom. The van der Waals surface area contributed by atoms with Gasteiger partial charge in [-0.05, 0) is 41.6 Å². The molecule has 0 saturated carbocycles. The molecule has 0 aliphatic carbocycles. The van der Waals surface area contributed by atoms with Gasteiger partial charge >= 0.3 is 0 Å². The number of halogens is 1. The van der Waals surface area contributed by atoms with E-state index in [0.29, 0.717) is 12.5 Å². The Bertz CT molecular complexity index is 445. The highest BCUT2D eigenvalue weighted by atomic mass is 79.9. The smallest absolute Gasteiger partial charge is 0.162 e. The van der Waals surface area contributed by atoms with Crippen LogP contribution in [0.15, 0.2) is 4.47 Å². The summed E-state index contributed by atoms with van der Waals surface area (Å²) < 4.78 is 6.96. The van der Waals surface area contributed by atoms with E-state index < -0.39 is 5.60 Å². The summed E-state index contributed by atoms with van der Waals surface area (Å²) in [7, 11) is 1.88. The first-order valence-corrected chi connectivity index (χ1v) is 8.14. The quantitative estimate of drug-likeness (QED) is 0.793. The Kier molecular flexibility index (Phi) is 6.40. The number of nitrogens with zero attached hydrogens (tertiary/aromatic N) is 2. The minimum atomic E-state index is -0.398. The van der Waals surface area contributed by atoms with Crippen LogP contribution in [0, 0.1) is 0 Å². The molecule has 0 aliphatic rings. The lowest BCUT2D eigenvalue weighted by Crippen LogP contribution is -2.31. The van der Waals surface area contributed by atoms with Crippen LogP contribution in [0.1, 0.15) is 64.9 Å². The van der Waals surface area contributed by atoms with Crippen LogP contribution in [0.2, 0.25) is 0 Å². The van der Waals surface area contributed by atoms with Gasteiger partial charge in [-0.3, -0.25) is 0 Å². The van der Waals surface area contributed by atoms with Crippen molar-refractivity contribution in [2.45, 2.75) is 59.0 Å². The maximum absolute atomic E-state index is 6.02. The summed E-state index contributed by atoms with van der Waals surface area (Å²) in [5.41, 5.74) is 0.621. The zero-order valence-electron chi connectivity index (χ0n) is 13.4. The van der Waals surface area contributed by atoms with Crippen molar-refractivity contribution in [3.05, 3.63) is 16.0 Å². The summed E-state index contributed by atoms with van der Waals surface area (Å²) in [5.74, 6) is 1.93. The van der Waals surface area contributed by atoms with E-state index in [2.05, 4.69) is 53.9 Å². The van der Waals surface area contributed by atoms with E-state index in [4.69, 9.17) is 9.72 Å². The maximum Gasteiger partial charge on any atom is 0.162 e. The summed E-state index contributed by atoms with van der Waals surface area (Å²) >= 11 is 3.60. The number of aromatic nitrogens is 2. The van der Waals surface area contributed by atoms with Crippen molar-refractivity contribution >= 4 is 21.7 Å². The number of rotatable bonds is 7. The molecule has 0 aliphatic heterocycles. The van der Waals surface area contributed by atoms with Crippen molar-refractivity contribution in [1.29, 1.82) is 0 Å². The van der Waals surface area contributed by atoms with Gasteiger partial charge in [0.05, 0.1) is 10.2 Å². The van der Waals surface area contributed by atoms with Crippen LogP contribution in [-0.4, -0.2) is 23.6 Å². The Morgan fingerprint density at radius 2 is 1.80 bits per heavy atom. The molecule has 5 heteroatoms. The van der Waals surface area contributed by atoms with Gasteiger partial charge in [0.15, 0.2) is 5.82 Å². The van der Waals surface area contributed by atoms with Crippen molar-refractivity contribution in [3.8, 4) is 0 Å². The fraction of sp³-hybridized carbons (Fsp3) is 0.733. The lowest BCUT2D eigenvalue weighted by molar-refractivity contribution is -0.0572. The topological polar surface area (TPSA) is 47.0 Å². The number of ether oxygens (including phenoxy) is 1. The molecule has 0 amide bonds. The first-order valence-electron chi connectivity index (χ1n) is 7.35. The molecule has 20 heavy (non-hydrogen) atoms. The van der Waals surface area contributed by atoms with Gasteiger partial charge in [-0.15, -0.1) is 0 Å². The minimum Gasteiger partial charge on any atom is -0.372 e. The lowest BCUT2D eigenvalue weighted by Gasteiger charge is -2.31. The molecule has 1 aromatic rings. The lowest BCUT2D eigenvalue weighted by atomic mass is 9.95. The Balaban J connectivity index is 3.46. The third kappa shape index (κ3) is 3.31. The highest BCUT2D eigenvalue weighted by Crippen LogP contribution is 2.35. The van der Waals surface area contributed by atoms with Crippen molar-refractivity contribution in [2.75, 3.05) is 19.0 Å². The molecule has 4 nitrogen and oxygen atoms in total. The van der Waals surface area contributed by atoms with Crippen LogP contribution in [0.3, 0.4) is 0 Å². The highest BCUT2D eigenvalue weighted by Gasteiger charge is 2.34. The molecular weight excluding hydrogens is 318 g/mol. The van der Waals surface area contributed by atoms with Gasteiger partial charge in [0.2, 0.25) is 0 Å². The molecular formula is C15H26BrN3O. The zero-order chi connectivity index (χ0) is 15.3. The van der Waals surface area contributed by atoms with Crippen LogP contribution < -0.4 is 5.32 Å². The standard InChI is InChI=1S/C15H26BrN3O/c1-7-15(8-2,20-9-3)14-18-12(10(4)5)11(16)13(17-6)19-14/h10H,7-9H2,1-6H3,(H,17,18,19). The average Bonchev–Trinajstić information content (AvgIpc) is 2.45. The van der Waals surface area contributed by atoms with Gasteiger partial charge in [0, 0.05) is 13.7 Å². The molecule has 1 rings (SSSR count). The fourth-order valence-corrected chi connectivity index (χ4v) is 3.16. The third-order valence-corrected chi connectivity index (χ3v) is 4.41. The van der Waals surface area contributed by atoms with Gasteiger partial charge in [-0.2, -0.15) is 0 Å². The summed E-state index contributed by atoms with van der Waals surface area (Å²) in [6.07, 6.45) is 1.72. The second-order valence-corrected chi connectivity index (χ2v) is 5.93. The van der Waals surface area contributed by atoms with Gasteiger partial charge in [0.1, 0.15) is 11.4 Å². The van der Waals surface area contributed by atoms with Crippen LogP contribution in [-0.2, 0) is 10.3 Å². The van der Waals surface area contributed by atoms with Gasteiger partial charge in [0.25, 0.3) is 0 Å². The molecule has 0 atom stereocenters. The van der Waals surface area contributed by atoms with Crippen LogP contribution in [0.4, 0.5) is 5.82 Å². The SMILES string of the molecule is CCOC(CC)(CC)c1nc(NC)c(Br)c(C(C)C)n1. The molecule has 114 valence electrons. The zero-order valence-corrected chi connectivity index (χ0v) is 15.0. The van der Waals surface area contributed by atoms with Crippen molar-refractivity contribution in [2.24, 2.45) is 0 Å². The molecule has 1 aromatic heterocycles. The van der Waals surface area contributed by atoms with E-state index in [1.54, 1.807) is 0 Å². The summed E-state index contributed by atoms with van der Waals surface area (Å²) in [4.78, 5) is 9.46. The largest absolute Gasteiger partial charge is 0.372 e. The number of nitrogens with one attached hydrogen (secondary N) is 1. The second-order valence-electron chi connectivity index (χ2n) is 5.13. The predicted octanol–water partition coefficient (Wildman–Crippen LogP) is 4.46. The second kappa shape index (κ2) is 7.36. The van der Waals surface area contributed by atoms with Crippen LogP contribution in [0.5, 0.6) is 0 Å². The first kappa shape index (κ1) is 17.4. The summed E-state index contributed by atoms with van der Waals surface area (Å²) in [5, 5.41) is 3.14. The van der Waals surface area contributed by atoms with Crippen molar-refractivity contribution < 1.29 is 4.74 Å². The molecule has 0 saturated heterocycles. The Hall–Kier alpha value is -0.680. The monoisotopic (exact) mass is 343 g/mol. The number of hydrogen-bond donors (Lipinski definition) is 1. The molecule has 1 heterocycles. The Labute approximate surface area is 130 Å². The fourth-order valence-electron chi connectivity index (χ4n) is 2.33. The molecule has 1 N–H and O–H groups in total. The number of hydrogen-bond acceptors (Lipinski definition) is 4. The van der Waals surface area contributed by atoms with Crippen LogP contribution >= 0.6 is 15.9 Å². The highest BCUT2D eigenvalue weighted by molar-refractivity contribution is 9.10. The minimum absolute atomic E-state index is 0.325. The van der Waals surface area contributed by atoms with E-state index in [1.165, 1.54) is 0 Å². The molecule has 0 bridgehead atoms. The van der Waals surface area contributed by atoms with E-state index in [1.807, 2.05) is 14.0 Å². The molecule has 0 radical (unpaired) electrons. The van der Waals surface area contributed by atoms with Gasteiger partial charge in [-0.25, -0.2) is 9.97 Å². The summed E-state index contributed by atoms with van der Waals surface area (Å²) in [6.45, 7) is 11.2. The van der Waals surface area contributed by atoms with E-state index >= 15 is 0 Å². The Morgan fingerprint density at radius 3 is 2.20 bits per heavy atom. The molecule has 0 spiro atoms. The van der Waals surface area contributed by atoms with Gasteiger partial charge < -0.3 is 10.1 Å². The number of anilines is 1.